The minimum Gasteiger partial charge on any atom is -0.464 e. The van der Waals surface area contributed by atoms with Crippen LogP contribution in [0, 0.1) is 5.92 Å². The number of hydrogen-bond acceptors (Lipinski definition) is 6. The predicted molar refractivity (Wildman–Crippen MR) is 127 cm³/mol. The van der Waals surface area contributed by atoms with E-state index < -0.39 is 33.7 Å². The molecule has 0 heterocycles. The Morgan fingerprint density at radius 2 is 1.81 bits per heavy atom. The number of rotatable bonds is 12. The fraction of sp³-hybridized carbons (Fsp3) is 0.478. The van der Waals surface area contributed by atoms with Crippen molar-refractivity contribution >= 4 is 44.2 Å². The van der Waals surface area contributed by atoms with E-state index in [9.17, 15) is 18.0 Å². The van der Waals surface area contributed by atoms with Crippen LogP contribution in [0.15, 0.2) is 42.5 Å². The van der Waals surface area contributed by atoms with Crippen LogP contribution in [0.1, 0.15) is 25.8 Å². The van der Waals surface area contributed by atoms with Crippen molar-refractivity contribution in [3.8, 4) is 0 Å². The lowest BCUT2D eigenvalue weighted by Crippen LogP contribution is -2.46. The molecule has 0 fully saturated rings. The molecule has 170 valence electrons. The summed E-state index contributed by atoms with van der Waals surface area (Å²) in [6, 6.07) is 12.8. The Morgan fingerprint density at radius 3 is 2.48 bits per heavy atom. The van der Waals surface area contributed by atoms with Gasteiger partial charge in [0.05, 0.1) is 18.3 Å². The van der Waals surface area contributed by atoms with Crippen molar-refractivity contribution in [1.29, 1.82) is 0 Å². The van der Waals surface area contributed by atoms with Crippen LogP contribution in [-0.2, 0) is 30.6 Å². The Kier molecular flexibility index (Phi) is 9.84. The molecule has 2 atom stereocenters. The third kappa shape index (κ3) is 7.54. The Balaban J connectivity index is 2.31. The minimum absolute atomic E-state index is 0.0416. The maximum absolute atomic E-state index is 13.2. The van der Waals surface area contributed by atoms with Gasteiger partial charge in [-0.05, 0) is 48.1 Å². The van der Waals surface area contributed by atoms with Gasteiger partial charge in [0.2, 0.25) is 5.91 Å². The summed E-state index contributed by atoms with van der Waals surface area (Å²) in [4.78, 5) is 25.5. The number of thioether (sulfide) groups is 1. The van der Waals surface area contributed by atoms with E-state index in [0.717, 1.165) is 16.3 Å². The molecule has 0 spiro atoms. The van der Waals surface area contributed by atoms with Crippen molar-refractivity contribution in [2.75, 3.05) is 30.1 Å². The summed E-state index contributed by atoms with van der Waals surface area (Å²) in [5.74, 6) is -1.37. The molecule has 1 N–H and O–H groups in total. The van der Waals surface area contributed by atoms with Crippen molar-refractivity contribution in [2.45, 2.75) is 32.7 Å². The highest BCUT2D eigenvalue weighted by Crippen LogP contribution is 2.22. The van der Waals surface area contributed by atoms with E-state index in [1.165, 1.54) is 0 Å². The average Bonchev–Trinajstić information content (AvgIpc) is 2.76. The molecule has 0 aliphatic rings. The summed E-state index contributed by atoms with van der Waals surface area (Å²) in [6.07, 6.45) is 2.61. The van der Waals surface area contributed by atoms with Crippen LogP contribution in [0.2, 0.25) is 0 Å². The zero-order valence-corrected chi connectivity index (χ0v) is 19.9. The normalized spacial score (nSPS) is 13.5. The standard InChI is InChI=1S/C23H31NO5S2/c1-4-29-23(26)21(13-14-30-3)24-22(25)19(16-31(27,28)5-2)15-18-11-8-10-17-9-6-7-12-20(17)18/h6-12,19,21H,4-5,13-16H2,1-3H3,(H,24,25)/t19-,21+/m1/s1. The molecular weight excluding hydrogens is 434 g/mol. The number of sulfone groups is 1. The highest BCUT2D eigenvalue weighted by atomic mass is 32.2. The second-order valence-electron chi connectivity index (χ2n) is 7.33. The largest absolute Gasteiger partial charge is 0.464 e. The lowest BCUT2D eigenvalue weighted by Gasteiger charge is -2.22. The van der Waals surface area contributed by atoms with E-state index in [2.05, 4.69) is 5.32 Å². The molecule has 2 aromatic rings. The molecule has 2 rings (SSSR count). The van der Waals surface area contributed by atoms with Gasteiger partial charge in [-0.2, -0.15) is 11.8 Å². The van der Waals surface area contributed by atoms with Gasteiger partial charge < -0.3 is 10.1 Å². The molecule has 0 saturated heterocycles. The van der Waals surface area contributed by atoms with Crippen LogP contribution >= 0.6 is 11.8 Å². The fourth-order valence-electron chi connectivity index (χ4n) is 3.40. The molecule has 6 nitrogen and oxygen atoms in total. The van der Waals surface area contributed by atoms with Gasteiger partial charge in [0.25, 0.3) is 0 Å². The summed E-state index contributed by atoms with van der Waals surface area (Å²) in [6.45, 7) is 3.50. The van der Waals surface area contributed by atoms with Crippen molar-refractivity contribution in [3.05, 3.63) is 48.0 Å². The van der Waals surface area contributed by atoms with Gasteiger partial charge in [-0.3, -0.25) is 4.79 Å². The molecule has 0 bridgehead atoms. The van der Waals surface area contributed by atoms with Gasteiger partial charge in [-0.15, -0.1) is 0 Å². The summed E-state index contributed by atoms with van der Waals surface area (Å²) in [5.41, 5.74) is 0.904. The number of carbonyl (C=O) groups is 2. The Bertz CT molecular complexity index is 985. The smallest absolute Gasteiger partial charge is 0.328 e. The molecule has 0 aliphatic heterocycles. The lowest BCUT2D eigenvalue weighted by atomic mass is 9.95. The second-order valence-corrected chi connectivity index (χ2v) is 10.7. The first-order chi connectivity index (χ1) is 14.8. The molecule has 1 amide bonds. The second kappa shape index (κ2) is 12.1. The SMILES string of the molecule is CCOC(=O)[C@H](CCSC)NC(=O)[C@H](Cc1cccc2ccccc12)CS(=O)(=O)CC. The molecule has 0 aromatic heterocycles. The van der Waals surface area contributed by atoms with Crippen LogP contribution in [0.5, 0.6) is 0 Å². The first kappa shape index (κ1) is 25.2. The predicted octanol–water partition coefficient (Wildman–Crippen LogP) is 3.23. The highest BCUT2D eigenvalue weighted by molar-refractivity contribution is 7.98. The lowest BCUT2D eigenvalue weighted by molar-refractivity contribution is -0.147. The molecule has 0 radical (unpaired) electrons. The fourth-order valence-corrected chi connectivity index (χ4v) is 4.99. The van der Waals surface area contributed by atoms with Gasteiger partial charge in [0.15, 0.2) is 9.84 Å². The quantitative estimate of drug-likeness (QED) is 0.484. The molecule has 0 unspecified atom stereocenters. The van der Waals surface area contributed by atoms with Crippen molar-refractivity contribution in [1.82, 2.24) is 5.32 Å². The zero-order chi connectivity index (χ0) is 22.9. The van der Waals surface area contributed by atoms with E-state index >= 15 is 0 Å². The van der Waals surface area contributed by atoms with Gasteiger partial charge in [-0.1, -0.05) is 49.4 Å². The Labute approximate surface area is 189 Å². The molecule has 2 aromatic carbocycles. The van der Waals surface area contributed by atoms with Crippen LogP contribution in [0.4, 0.5) is 0 Å². The third-order valence-electron chi connectivity index (χ3n) is 5.11. The van der Waals surface area contributed by atoms with E-state index in [4.69, 9.17) is 4.74 Å². The van der Waals surface area contributed by atoms with Gasteiger partial charge in [-0.25, -0.2) is 13.2 Å². The van der Waals surface area contributed by atoms with Crippen LogP contribution in [0.25, 0.3) is 10.8 Å². The van der Waals surface area contributed by atoms with E-state index in [1.54, 1.807) is 25.6 Å². The monoisotopic (exact) mass is 465 g/mol. The number of amides is 1. The number of hydrogen-bond donors (Lipinski definition) is 1. The highest BCUT2D eigenvalue weighted by Gasteiger charge is 2.29. The number of fused-ring (bicyclic) bond motifs is 1. The maximum Gasteiger partial charge on any atom is 0.328 e. The van der Waals surface area contributed by atoms with Gasteiger partial charge in [0.1, 0.15) is 6.04 Å². The van der Waals surface area contributed by atoms with E-state index in [-0.39, 0.29) is 24.5 Å². The van der Waals surface area contributed by atoms with Crippen LogP contribution in [0.3, 0.4) is 0 Å². The Morgan fingerprint density at radius 1 is 1.10 bits per heavy atom. The number of esters is 1. The van der Waals surface area contributed by atoms with Crippen LogP contribution in [-0.4, -0.2) is 56.5 Å². The molecular formula is C23H31NO5S2. The van der Waals surface area contributed by atoms with E-state index in [0.29, 0.717) is 12.2 Å². The summed E-state index contributed by atoms with van der Waals surface area (Å²) >= 11 is 1.56. The first-order valence-electron chi connectivity index (χ1n) is 10.4. The van der Waals surface area contributed by atoms with Crippen molar-refractivity contribution < 1.29 is 22.7 Å². The molecule has 0 saturated carbocycles. The number of benzene rings is 2. The van der Waals surface area contributed by atoms with Crippen molar-refractivity contribution in [2.24, 2.45) is 5.92 Å². The Hall–Kier alpha value is -2.06. The number of ether oxygens (including phenoxy) is 1. The topological polar surface area (TPSA) is 89.5 Å². The number of carbonyl (C=O) groups excluding carboxylic acids is 2. The maximum atomic E-state index is 13.2. The summed E-state index contributed by atoms with van der Waals surface area (Å²) in [7, 11) is -3.40. The van der Waals surface area contributed by atoms with Gasteiger partial charge >= 0.3 is 5.97 Å². The first-order valence-corrected chi connectivity index (χ1v) is 13.7. The number of nitrogens with one attached hydrogen (secondary N) is 1. The van der Waals surface area contributed by atoms with Gasteiger partial charge in [0, 0.05) is 5.75 Å². The molecule has 8 heteroatoms. The average molecular weight is 466 g/mol. The summed E-state index contributed by atoms with van der Waals surface area (Å²) in [5, 5.41) is 4.78. The molecule has 31 heavy (non-hydrogen) atoms. The van der Waals surface area contributed by atoms with Crippen LogP contribution < -0.4 is 5.32 Å². The zero-order valence-electron chi connectivity index (χ0n) is 18.3. The van der Waals surface area contributed by atoms with E-state index in [1.807, 2.05) is 48.7 Å². The minimum atomic E-state index is -3.40. The third-order valence-corrected chi connectivity index (χ3v) is 7.54. The molecule has 0 aliphatic carbocycles. The van der Waals surface area contributed by atoms with Crippen molar-refractivity contribution in [3.63, 3.8) is 0 Å². The summed E-state index contributed by atoms with van der Waals surface area (Å²) < 4.78 is 29.9.